The number of rotatable bonds is 3. The first kappa shape index (κ1) is 13.7. The van der Waals surface area contributed by atoms with Crippen molar-refractivity contribution < 1.29 is 0 Å². The molecule has 0 saturated carbocycles. The molecule has 5 aromatic rings. The summed E-state index contributed by atoms with van der Waals surface area (Å²) in [5.41, 5.74) is 2.65. The van der Waals surface area contributed by atoms with Crippen molar-refractivity contribution in [3.05, 3.63) is 67.3 Å². The first-order valence-corrected chi connectivity index (χ1v) is 7.83. The van der Waals surface area contributed by atoms with E-state index >= 15 is 0 Å². The van der Waals surface area contributed by atoms with Crippen LogP contribution in [-0.2, 0) is 0 Å². The molecule has 4 heterocycles. The van der Waals surface area contributed by atoms with Crippen LogP contribution in [0.4, 0.5) is 11.5 Å². The maximum atomic E-state index is 4.45. The van der Waals surface area contributed by atoms with E-state index in [9.17, 15) is 0 Å². The molecule has 7 nitrogen and oxygen atoms in total. The van der Waals surface area contributed by atoms with Crippen LogP contribution in [0.1, 0.15) is 0 Å². The van der Waals surface area contributed by atoms with Crippen molar-refractivity contribution in [3.8, 4) is 5.82 Å². The number of fused-ring (bicyclic) bond motifs is 2. The largest absolute Gasteiger partial charge is 0.337 e. The summed E-state index contributed by atoms with van der Waals surface area (Å²) in [5.74, 6) is 1.51. The highest BCUT2D eigenvalue weighted by atomic mass is 15.3. The maximum absolute atomic E-state index is 4.45. The summed E-state index contributed by atoms with van der Waals surface area (Å²) in [4.78, 5) is 8.82. The molecule has 5 rings (SSSR count). The van der Waals surface area contributed by atoms with Gasteiger partial charge in [0.2, 0.25) is 0 Å². The Balaban J connectivity index is 1.57. The zero-order valence-corrected chi connectivity index (χ0v) is 13.1. The SMILES string of the molecule is c1cnc2c(Nc3ccc4c(-n5cccn5)nccc4c3)n[nH]c2c1. The number of H-pyrrole nitrogens is 1. The summed E-state index contributed by atoms with van der Waals surface area (Å²) < 4.78 is 1.76. The third-order valence-corrected chi connectivity index (χ3v) is 4.05. The van der Waals surface area contributed by atoms with Gasteiger partial charge in [-0.1, -0.05) is 0 Å². The molecule has 0 aliphatic carbocycles. The van der Waals surface area contributed by atoms with E-state index in [-0.39, 0.29) is 0 Å². The van der Waals surface area contributed by atoms with Gasteiger partial charge in [-0.25, -0.2) is 9.67 Å². The molecule has 0 amide bonds. The molecule has 0 bridgehead atoms. The molecule has 0 fully saturated rings. The molecule has 25 heavy (non-hydrogen) atoms. The lowest BCUT2D eigenvalue weighted by atomic mass is 10.1. The van der Waals surface area contributed by atoms with Gasteiger partial charge in [0.1, 0.15) is 5.52 Å². The van der Waals surface area contributed by atoms with Crippen LogP contribution < -0.4 is 5.32 Å². The van der Waals surface area contributed by atoms with Gasteiger partial charge in [0.25, 0.3) is 0 Å². The Morgan fingerprint density at radius 1 is 0.960 bits per heavy atom. The summed E-state index contributed by atoms with van der Waals surface area (Å²) >= 11 is 0. The number of aromatic amines is 1. The lowest BCUT2D eigenvalue weighted by Gasteiger charge is -2.08. The zero-order chi connectivity index (χ0) is 16.6. The van der Waals surface area contributed by atoms with Crippen LogP contribution in [0.15, 0.2) is 67.3 Å². The van der Waals surface area contributed by atoms with Crippen LogP contribution in [0.5, 0.6) is 0 Å². The molecule has 0 atom stereocenters. The highest BCUT2D eigenvalue weighted by Gasteiger charge is 2.09. The van der Waals surface area contributed by atoms with Crippen LogP contribution in [-0.4, -0.2) is 29.9 Å². The highest BCUT2D eigenvalue weighted by molar-refractivity contribution is 5.93. The second-order valence-electron chi connectivity index (χ2n) is 5.62. The Hall–Kier alpha value is -3.74. The van der Waals surface area contributed by atoms with Gasteiger partial charge >= 0.3 is 0 Å². The maximum Gasteiger partial charge on any atom is 0.178 e. The fraction of sp³-hybridized carbons (Fsp3) is 0. The van der Waals surface area contributed by atoms with Gasteiger partial charge in [-0.15, -0.1) is 0 Å². The smallest absolute Gasteiger partial charge is 0.178 e. The molecular formula is C18H13N7. The second-order valence-corrected chi connectivity index (χ2v) is 5.62. The van der Waals surface area contributed by atoms with Crippen LogP contribution in [0.25, 0.3) is 27.6 Å². The summed E-state index contributed by atoms with van der Waals surface area (Å²) in [6.45, 7) is 0. The van der Waals surface area contributed by atoms with Gasteiger partial charge in [0.05, 0.1) is 5.52 Å². The fourth-order valence-electron chi connectivity index (χ4n) is 2.89. The van der Waals surface area contributed by atoms with Crippen molar-refractivity contribution in [2.45, 2.75) is 0 Å². The lowest BCUT2D eigenvalue weighted by Crippen LogP contribution is -1.99. The molecule has 0 spiro atoms. The fourth-order valence-corrected chi connectivity index (χ4v) is 2.89. The summed E-state index contributed by atoms with van der Waals surface area (Å²) in [6, 6.07) is 13.8. The van der Waals surface area contributed by atoms with Crippen LogP contribution in [0.3, 0.4) is 0 Å². The van der Waals surface area contributed by atoms with E-state index in [1.807, 2.05) is 42.6 Å². The van der Waals surface area contributed by atoms with Crippen LogP contribution in [0, 0.1) is 0 Å². The molecule has 2 N–H and O–H groups in total. The predicted octanol–water partition coefficient (Wildman–Crippen LogP) is 3.44. The Morgan fingerprint density at radius 3 is 2.88 bits per heavy atom. The normalized spacial score (nSPS) is 11.2. The Morgan fingerprint density at radius 2 is 1.96 bits per heavy atom. The number of anilines is 2. The molecule has 120 valence electrons. The molecule has 0 aliphatic heterocycles. The molecular weight excluding hydrogens is 314 g/mol. The Bertz CT molecular complexity index is 1170. The standard InChI is InChI=1S/C18H13N7/c1-3-15-16(19-7-1)17(24-23-15)22-13-4-5-14-12(11-13)6-9-20-18(14)25-10-2-8-21-25/h1-11H,(H2,22,23,24). The number of nitrogens with zero attached hydrogens (tertiary/aromatic N) is 5. The summed E-state index contributed by atoms with van der Waals surface area (Å²) in [5, 5.41) is 17.0. The lowest BCUT2D eigenvalue weighted by molar-refractivity contribution is 0.856. The second kappa shape index (κ2) is 5.41. The van der Waals surface area contributed by atoms with Crippen molar-refractivity contribution in [2.24, 2.45) is 0 Å². The third kappa shape index (κ3) is 2.29. The van der Waals surface area contributed by atoms with Crippen molar-refractivity contribution in [2.75, 3.05) is 5.32 Å². The van der Waals surface area contributed by atoms with Crippen molar-refractivity contribution in [1.29, 1.82) is 0 Å². The van der Waals surface area contributed by atoms with Gasteiger partial charge < -0.3 is 5.32 Å². The number of hydrogen-bond acceptors (Lipinski definition) is 5. The highest BCUT2D eigenvalue weighted by Crippen LogP contribution is 2.26. The first-order chi connectivity index (χ1) is 12.4. The monoisotopic (exact) mass is 327 g/mol. The average Bonchev–Trinajstić information content (AvgIpc) is 3.32. The molecule has 4 aromatic heterocycles. The minimum atomic E-state index is 0.705. The van der Waals surface area contributed by atoms with Crippen molar-refractivity contribution in [3.63, 3.8) is 0 Å². The average molecular weight is 327 g/mol. The number of hydrogen-bond donors (Lipinski definition) is 2. The minimum Gasteiger partial charge on any atom is -0.337 e. The van der Waals surface area contributed by atoms with Crippen molar-refractivity contribution >= 4 is 33.3 Å². The zero-order valence-electron chi connectivity index (χ0n) is 13.1. The Labute approximate surface area is 142 Å². The van der Waals surface area contributed by atoms with E-state index in [0.29, 0.717) is 5.82 Å². The van der Waals surface area contributed by atoms with Crippen LogP contribution >= 0.6 is 0 Å². The number of aromatic nitrogens is 6. The first-order valence-electron chi connectivity index (χ1n) is 7.83. The molecule has 7 heteroatoms. The predicted molar refractivity (Wildman–Crippen MR) is 96.0 cm³/mol. The Kier molecular flexibility index (Phi) is 2.96. The van der Waals surface area contributed by atoms with Gasteiger partial charge in [0, 0.05) is 35.9 Å². The summed E-state index contributed by atoms with van der Waals surface area (Å²) in [6.07, 6.45) is 7.17. The molecule has 0 aliphatic rings. The molecule has 0 unspecified atom stereocenters. The minimum absolute atomic E-state index is 0.705. The van der Waals surface area contributed by atoms with E-state index in [0.717, 1.165) is 33.3 Å². The van der Waals surface area contributed by atoms with E-state index in [1.54, 1.807) is 23.3 Å². The van der Waals surface area contributed by atoms with E-state index < -0.39 is 0 Å². The van der Waals surface area contributed by atoms with Gasteiger partial charge in [0.15, 0.2) is 11.6 Å². The van der Waals surface area contributed by atoms with E-state index in [1.165, 1.54) is 0 Å². The number of nitrogens with one attached hydrogen (secondary N) is 2. The number of benzene rings is 1. The third-order valence-electron chi connectivity index (χ3n) is 4.05. The van der Waals surface area contributed by atoms with Crippen LogP contribution in [0.2, 0.25) is 0 Å². The van der Waals surface area contributed by atoms with Gasteiger partial charge in [-0.05, 0) is 47.9 Å². The topological polar surface area (TPSA) is 84.3 Å². The van der Waals surface area contributed by atoms with Crippen molar-refractivity contribution in [1.82, 2.24) is 29.9 Å². The quantitative estimate of drug-likeness (QED) is 0.530. The molecule has 0 radical (unpaired) electrons. The number of pyridine rings is 2. The molecule has 0 saturated heterocycles. The van der Waals surface area contributed by atoms with Gasteiger partial charge in [-0.3, -0.25) is 10.1 Å². The van der Waals surface area contributed by atoms with E-state index in [2.05, 4.69) is 36.6 Å². The summed E-state index contributed by atoms with van der Waals surface area (Å²) in [7, 11) is 0. The van der Waals surface area contributed by atoms with Gasteiger partial charge in [-0.2, -0.15) is 10.2 Å². The molecule has 1 aromatic carbocycles. The van der Waals surface area contributed by atoms with E-state index in [4.69, 9.17) is 0 Å².